The van der Waals surface area contributed by atoms with Crippen LogP contribution in [0, 0.1) is 6.92 Å². The van der Waals surface area contributed by atoms with Crippen molar-refractivity contribution in [2.24, 2.45) is 0 Å². The molecule has 1 aromatic heterocycles. The summed E-state index contributed by atoms with van der Waals surface area (Å²) in [6.07, 6.45) is -1.12. The number of fused-ring (bicyclic) bond motifs is 1. The summed E-state index contributed by atoms with van der Waals surface area (Å²) >= 11 is 0. The quantitative estimate of drug-likeness (QED) is 0.775. The molecule has 0 radical (unpaired) electrons. The Hall–Kier alpha value is -2.08. The molecule has 0 aliphatic heterocycles. The van der Waals surface area contributed by atoms with E-state index in [1.165, 1.54) is 7.11 Å². The minimum Gasteiger partial charge on any atom is -0.467 e. The zero-order valence-corrected chi connectivity index (χ0v) is 10.0. The van der Waals surface area contributed by atoms with Gasteiger partial charge in [-0.05, 0) is 24.1 Å². The molecule has 0 saturated heterocycles. The van der Waals surface area contributed by atoms with Crippen LogP contribution in [0.15, 0.2) is 21.3 Å². The lowest BCUT2D eigenvalue weighted by molar-refractivity contribution is -0.150. The molecule has 0 fully saturated rings. The third-order valence-electron chi connectivity index (χ3n) is 2.69. The van der Waals surface area contributed by atoms with E-state index in [0.29, 0.717) is 16.7 Å². The van der Waals surface area contributed by atoms with Crippen LogP contribution < -0.4 is 5.76 Å². The number of nitrogens with one attached hydrogen (secondary N) is 1. The highest BCUT2D eigenvalue weighted by atomic mass is 16.5. The summed E-state index contributed by atoms with van der Waals surface area (Å²) in [5, 5.41) is 9.56. The van der Waals surface area contributed by atoms with Gasteiger partial charge in [0.15, 0.2) is 11.7 Å². The zero-order chi connectivity index (χ0) is 13.3. The highest BCUT2D eigenvalue weighted by molar-refractivity contribution is 5.78. The van der Waals surface area contributed by atoms with Crippen molar-refractivity contribution >= 4 is 17.1 Å². The number of rotatable bonds is 3. The number of H-pyrrole nitrogens is 1. The molecular formula is C12H13NO5. The number of esters is 1. The fourth-order valence-corrected chi connectivity index (χ4v) is 1.86. The fraction of sp³-hybridized carbons (Fsp3) is 0.333. The first kappa shape index (κ1) is 12.4. The molecule has 0 bridgehead atoms. The van der Waals surface area contributed by atoms with Crippen LogP contribution in [0.4, 0.5) is 0 Å². The molecule has 2 rings (SSSR count). The summed E-state index contributed by atoms with van der Waals surface area (Å²) < 4.78 is 9.39. The standard InChI is InChI=1S/C12H13NO5/c1-6-3-7(4-8(14)11(15)17-2)5-9-10(6)13-12(16)18-9/h3,5,8,14H,4H2,1-2H3,(H,13,16)/t8-/m1/s1. The van der Waals surface area contributed by atoms with Crippen molar-refractivity contribution in [1.82, 2.24) is 4.98 Å². The normalized spacial score (nSPS) is 12.6. The van der Waals surface area contributed by atoms with E-state index >= 15 is 0 Å². The minimum atomic E-state index is -1.22. The van der Waals surface area contributed by atoms with Gasteiger partial charge in [-0.3, -0.25) is 4.98 Å². The molecule has 0 unspecified atom stereocenters. The van der Waals surface area contributed by atoms with E-state index in [-0.39, 0.29) is 6.42 Å². The number of aryl methyl sites for hydroxylation is 1. The van der Waals surface area contributed by atoms with Gasteiger partial charge in [0.25, 0.3) is 0 Å². The van der Waals surface area contributed by atoms with E-state index in [0.717, 1.165) is 5.56 Å². The topological polar surface area (TPSA) is 92.5 Å². The number of benzene rings is 1. The minimum absolute atomic E-state index is 0.109. The van der Waals surface area contributed by atoms with Gasteiger partial charge in [0.1, 0.15) is 0 Å². The van der Waals surface area contributed by atoms with Crippen molar-refractivity contribution in [3.63, 3.8) is 0 Å². The van der Waals surface area contributed by atoms with Gasteiger partial charge in [0.05, 0.1) is 12.6 Å². The monoisotopic (exact) mass is 251 g/mol. The molecule has 0 amide bonds. The molecule has 96 valence electrons. The Morgan fingerprint density at radius 3 is 2.94 bits per heavy atom. The largest absolute Gasteiger partial charge is 0.467 e. The Morgan fingerprint density at radius 2 is 2.28 bits per heavy atom. The van der Waals surface area contributed by atoms with E-state index in [2.05, 4.69) is 9.72 Å². The second kappa shape index (κ2) is 4.66. The van der Waals surface area contributed by atoms with Gasteiger partial charge >= 0.3 is 11.7 Å². The Balaban J connectivity index is 2.35. The van der Waals surface area contributed by atoms with Crippen molar-refractivity contribution < 1.29 is 19.1 Å². The number of hydrogen-bond donors (Lipinski definition) is 2. The van der Waals surface area contributed by atoms with Gasteiger partial charge in [-0.15, -0.1) is 0 Å². The molecule has 1 heterocycles. The molecule has 18 heavy (non-hydrogen) atoms. The van der Waals surface area contributed by atoms with E-state index in [1.807, 2.05) is 6.92 Å². The fourth-order valence-electron chi connectivity index (χ4n) is 1.86. The summed E-state index contributed by atoms with van der Waals surface area (Å²) in [5.41, 5.74) is 2.54. The predicted molar refractivity (Wildman–Crippen MR) is 63.3 cm³/mol. The lowest BCUT2D eigenvalue weighted by Gasteiger charge is -2.08. The molecule has 2 aromatic rings. The van der Waals surface area contributed by atoms with E-state index in [9.17, 15) is 14.7 Å². The molecule has 1 aromatic carbocycles. The zero-order valence-electron chi connectivity index (χ0n) is 10.0. The Morgan fingerprint density at radius 1 is 1.56 bits per heavy atom. The summed E-state index contributed by atoms with van der Waals surface area (Å²) in [7, 11) is 1.21. The summed E-state index contributed by atoms with van der Waals surface area (Å²) in [5.74, 6) is -1.22. The van der Waals surface area contributed by atoms with Crippen molar-refractivity contribution in [3.05, 3.63) is 33.8 Å². The van der Waals surface area contributed by atoms with Crippen molar-refractivity contribution in [1.29, 1.82) is 0 Å². The van der Waals surface area contributed by atoms with Gasteiger partial charge < -0.3 is 14.3 Å². The predicted octanol–water partition coefficient (Wildman–Crippen LogP) is 0.506. The van der Waals surface area contributed by atoms with Crippen LogP contribution in [0.3, 0.4) is 0 Å². The van der Waals surface area contributed by atoms with Crippen molar-refractivity contribution in [2.45, 2.75) is 19.4 Å². The number of hydrogen-bond acceptors (Lipinski definition) is 5. The molecule has 6 nitrogen and oxygen atoms in total. The van der Waals surface area contributed by atoms with Gasteiger partial charge in [0, 0.05) is 6.42 Å². The number of carbonyl (C=O) groups is 1. The third kappa shape index (κ3) is 2.28. The highest BCUT2D eigenvalue weighted by Gasteiger charge is 2.17. The van der Waals surface area contributed by atoms with E-state index in [4.69, 9.17) is 4.42 Å². The molecule has 0 saturated carbocycles. The smallest absolute Gasteiger partial charge is 0.417 e. The van der Waals surface area contributed by atoms with Crippen molar-refractivity contribution in [3.8, 4) is 0 Å². The van der Waals surface area contributed by atoms with Crippen molar-refractivity contribution in [2.75, 3.05) is 7.11 Å². The number of aliphatic hydroxyl groups is 1. The van der Waals surface area contributed by atoms with Gasteiger partial charge in [0.2, 0.25) is 0 Å². The number of carbonyl (C=O) groups excluding carboxylic acids is 1. The Labute approximate surface area is 102 Å². The number of aliphatic hydroxyl groups excluding tert-OH is 1. The van der Waals surface area contributed by atoms with Crippen LogP contribution in [0.1, 0.15) is 11.1 Å². The van der Waals surface area contributed by atoms with Crippen LogP contribution in [0.5, 0.6) is 0 Å². The van der Waals surface area contributed by atoms with Crippen LogP contribution in [-0.2, 0) is 16.0 Å². The van der Waals surface area contributed by atoms with Crippen LogP contribution >= 0.6 is 0 Å². The maximum Gasteiger partial charge on any atom is 0.417 e. The summed E-state index contributed by atoms with van der Waals surface area (Å²) in [6, 6.07) is 3.40. The molecule has 1 atom stereocenters. The average molecular weight is 251 g/mol. The number of aromatic amines is 1. The number of ether oxygens (including phenoxy) is 1. The summed E-state index contributed by atoms with van der Waals surface area (Å²) in [4.78, 5) is 24.8. The SMILES string of the molecule is COC(=O)[C@H](O)Cc1cc(C)c2[nH]c(=O)oc2c1. The first-order chi connectivity index (χ1) is 8.51. The third-order valence-corrected chi connectivity index (χ3v) is 2.69. The van der Waals surface area contributed by atoms with Crippen LogP contribution in [-0.4, -0.2) is 29.3 Å². The van der Waals surface area contributed by atoms with E-state index < -0.39 is 17.8 Å². The number of aromatic nitrogens is 1. The molecule has 0 aliphatic carbocycles. The average Bonchev–Trinajstić information content (AvgIpc) is 2.69. The van der Waals surface area contributed by atoms with Gasteiger partial charge in [-0.1, -0.05) is 6.07 Å². The Kier molecular flexibility index (Phi) is 3.20. The highest BCUT2D eigenvalue weighted by Crippen LogP contribution is 2.18. The van der Waals surface area contributed by atoms with Crippen LogP contribution in [0.25, 0.3) is 11.1 Å². The molecular weight excluding hydrogens is 238 g/mol. The number of oxazole rings is 1. The molecule has 0 aliphatic rings. The maximum atomic E-state index is 11.1. The first-order valence-electron chi connectivity index (χ1n) is 5.39. The summed E-state index contributed by atoms with van der Waals surface area (Å²) in [6.45, 7) is 1.81. The maximum absolute atomic E-state index is 11.1. The van der Waals surface area contributed by atoms with Crippen LogP contribution in [0.2, 0.25) is 0 Å². The second-order valence-electron chi connectivity index (χ2n) is 4.04. The van der Waals surface area contributed by atoms with Gasteiger partial charge in [-0.2, -0.15) is 0 Å². The molecule has 2 N–H and O–H groups in total. The Bertz CT molecular complexity index is 639. The lowest BCUT2D eigenvalue weighted by atomic mass is 10.0. The first-order valence-corrected chi connectivity index (χ1v) is 5.39. The molecule has 0 spiro atoms. The lowest BCUT2D eigenvalue weighted by Crippen LogP contribution is -2.24. The second-order valence-corrected chi connectivity index (χ2v) is 4.04. The van der Waals surface area contributed by atoms with Gasteiger partial charge in [-0.25, -0.2) is 9.59 Å². The number of methoxy groups -OCH3 is 1. The van der Waals surface area contributed by atoms with E-state index in [1.54, 1.807) is 12.1 Å². The molecule has 6 heteroatoms.